The predicted octanol–water partition coefficient (Wildman–Crippen LogP) is 5.00. The van der Waals surface area contributed by atoms with Gasteiger partial charge in [-0.1, -0.05) is 44.2 Å². The summed E-state index contributed by atoms with van der Waals surface area (Å²) in [5, 5.41) is 9.20. The normalized spacial score (nSPS) is 12.2. The molecule has 0 aliphatic rings. The number of rotatable bonds is 7. The fourth-order valence-corrected chi connectivity index (χ4v) is 4.12. The monoisotopic (exact) mass is 436 g/mol. The van der Waals surface area contributed by atoms with Gasteiger partial charge < -0.3 is 9.47 Å². The van der Waals surface area contributed by atoms with Gasteiger partial charge in [-0.3, -0.25) is 10.1 Å². The highest BCUT2D eigenvalue weighted by Crippen LogP contribution is 2.32. The van der Waals surface area contributed by atoms with E-state index in [4.69, 9.17) is 9.47 Å². The number of thiazole rings is 1. The van der Waals surface area contributed by atoms with Crippen molar-refractivity contribution in [1.29, 1.82) is 0 Å². The van der Waals surface area contributed by atoms with Gasteiger partial charge in [0.05, 0.1) is 12.8 Å². The highest BCUT2D eigenvalue weighted by atomic mass is 32.1. The lowest BCUT2D eigenvalue weighted by Gasteiger charge is -2.18. The number of fused-ring (bicyclic) bond motifs is 1. The second-order valence-electron chi connectivity index (χ2n) is 7.39. The van der Waals surface area contributed by atoms with E-state index in [1.807, 2.05) is 53.9 Å². The van der Waals surface area contributed by atoms with Gasteiger partial charge in [-0.25, -0.2) is 4.52 Å². The van der Waals surface area contributed by atoms with Gasteiger partial charge in [-0.15, -0.1) is 16.4 Å². The summed E-state index contributed by atoms with van der Waals surface area (Å²) in [6, 6.07) is 15.5. The number of ether oxygens (including phenoxy) is 2. The summed E-state index contributed by atoms with van der Waals surface area (Å²) in [7, 11) is 1.63. The van der Waals surface area contributed by atoms with E-state index in [1.54, 1.807) is 18.5 Å². The van der Waals surface area contributed by atoms with Crippen molar-refractivity contribution in [3.8, 4) is 22.8 Å². The van der Waals surface area contributed by atoms with Gasteiger partial charge in [0.2, 0.25) is 4.96 Å². The summed E-state index contributed by atoms with van der Waals surface area (Å²) in [5.74, 6) is 1.67. The van der Waals surface area contributed by atoms with Gasteiger partial charge in [-0.05, 0) is 36.6 Å². The molecule has 1 atom stereocenters. The number of nitrogens with zero attached hydrogens (tertiary/aromatic N) is 3. The Kier molecular flexibility index (Phi) is 5.90. The third-order valence-electron chi connectivity index (χ3n) is 4.91. The van der Waals surface area contributed by atoms with Gasteiger partial charge in [-0.2, -0.15) is 4.98 Å². The first kappa shape index (κ1) is 20.9. The van der Waals surface area contributed by atoms with E-state index in [-0.39, 0.29) is 11.9 Å². The van der Waals surface area contributed by atoms with E-state index in [0.29, 0.717) is 16.6 Å². The number of hydrogen-bond donors (Lipinski definition) is 1. The minimum absolute atomic E-state index is 0.237. The fraction of sp³-hybridized carbons (Fsp3) is 0.261. The molecular weight excluding hydrogens is 412 g/mol. The maximum Gasteiger partial charge on any atom is 0.267 e. The standard InChI is InChI=1S/C23H24N4O3S/c1-14(2)16-9-5-8-12-20(16)30-15(3)21(28)24-22-25-23-27(26-22)18(13-31-23)17-10-6-7-11-19(17)29-4/h5-15H,1-4H3,(H,24,26,28). The Labute approximate surface area is 184 Å². The molecule has 0 aliphatic carbocycles. The highest BCUT2D eigenvalue weighted by Gasteiger charge is 2.20. The SMILES string of the molecule is COc1ccccc1-c1csc2nc(NC(=O)C(C)Oc3ccccc3C(C)C)nn12. The summed E-state index contributed by atoms with van der Waals surface area (Å²) in [5.41, 5.74) is 2.81. The van der Waals surface area contributed by atoms with Crippen LogP contribution in [0.5, 0.6) is 11.5 Å². The molecule has 8 heteroatoms. The zero-order valence-corrected chi connectivity index (χ0v) is 18.6. The number of nitrogens with one attached hydrogen (secondary N) is 1. The molecule has 0 aliphatic heterocycles. The van der Waals surface area contributed by atoms with Crippen LogP contribution in [0.1, 0.15) is 32.3 Å². The van der Waals surface area contributed by atoms with Crippen LogP contribution in [0.15, 0.2) is 53.9 Å². The highest BCUT2D eigenvalue weighted by molar-refractivity contribution is 7.15. The molecule has 0 fully saturated rings. The maximum absolute atomic E-state index is 12.7. The van der Waals surface area contributed by atoms with Crippen LogP contribution in [0, 0.1) is 0 Å². The molecule has 1 N–H and O–H groups in total. The molecule has 2 aromatic heterocycles. The van der Waals surface area contributed by atoms with Crippen molar-refractivity contribution in [2.45, 2.75) is 32.8 Å². The summed E-state index contributed by atoms with van der Waals surface area (Å²) in [4.78, 5) is 17.8. The van der Waals surface area contributed by atoms with Crippen LogP contribution in [-0.4, -0.2) is 33.7 Å². The van der Waals surface area contributed by atoms with E-state index < -0.39 is 6.10 Å². The maximum atomic E-state index is 12.7. The number of benzene rings is 2. The average Bonchev–Trinajstić information content (AvgIpc) is 3.34. The topological polar surface area (TPSA) is 77.8 Å². The summed E-state index contributed by atoms with van der Waals surface area (Å²) in [6.07, 6.45) is -0.699. The third-order valence-corrected chi connectivity index (χ3v) is 5.73. The fourth-order valence-electron chi connectivity index (χ4n) is 3.30. The van der Waals surface area contributed by atoms with E-state index in [9.17, 15) is 4.79 Å². The van der Waals surface area contributed by atoms with Gasteiger partial charge in [0.15, 0.2) is 6.10 Å². The molecule has 7 nitrogen and oxygen atoms in total. The molecule has 0 bridgehead atoms. The number of amides is 1. The molecule has 4 aromatic rings. The van der Waals surface area contributed by atoms with E-state index >= 15 is 0 Å². The zero-order valence-electron chi connectivity index (χ0n) is 17.8. The Morgan fingerprint density at radius 1 is 1.06 bits per heavy atom. The van der Waals surface area contributed by atoms with Gasteiger partial charge in [0.1, 0.15) is 11.5 Å². The number of anilines is 1. The number of aromatic nitrogens is 3. The first-order valence-corrected chi connectivity index (χ1v) is 10.9. The number of para-hydroxylation sites is 2. The van der Waals surface area contributed by atoms with Crippen molar-refractivity contribution in [2.75, 3.05) is 12.4 Å². The van der Waals surface area contributed by atoms with Crippen LogP contribution in [0.25, 0.3) is 16.2 Å². The van der Waals surface area contributed by atoms with Gasteiger partial charge >= 0.3 is 0 Å². The molecule has 2 heterocycles. The number of hydrogen-bond acceptors (Lipinski definition) is 6. The van der Waals surface area contributed by atoms with Crippen LogP contribution in [0.2, 0.25) is 0 Å². The van der Waals surface area contributed by atoms with E-state index in [0.717, 1.165) is 22.6 Å². The molecule has 4 rings (SSSR count). The molecule has 0 saturated heterocycles. The third kappa shape index (κ3) is 4.25. The van der Waals surface area contributed by atoms with Crippen LogP contribution < -0.4 is 14.8 Å². The van der Waals surface area contributed by atoms with Crippen molar-refractivity contribution in [2.24, 2.45) is 0 Å². The molecule has 0 saturated carbocycles. The quantitative estimate of drug-likeness (QED) is 0.441. The Balaban J connectivity index is 1.53. The number of methoxy groups -OCH3 is 1. The van der Waals surface area contributed by atoms with Crippen molar-refractivity contribution in [3.63, 3.8) is 0 Å². The molecule has 0 spiro atoms. The lowest BCUT2D eigenvalue weighted by atomic mass is 10.0. The van der Waals surface area contributed by atoms with Crippen molar-refractivity contribution >= 4 is 28.2 Å². The molecule has 1 amide bonds. The minimum atomic E-state index is -0.699. The first-order valence-electron chi connectivity index (χ1n) is 10.0. The molecule has 2 aromatic carbocycles. The van der Waals surface area contributed by atoms with Crippen LogP contribution >= 0.6 is 11.3 Å². The van der Waals surface area contributed by atoms with E-state index in [2.05, 4.69) is 29.2 Å². The average molecular weight is 437 g/mol. The van der Waals surface area contributed by atoms with Crippen LogP contribution in [-0.2, 0) is 4.79 Å². The second-order valence-corrected chi connectivity index (χ2v) is 8.23. The summed E-state index contributed by atoms with van der Waals surface area (Å²) >= 11 is 1.44. The Hall–Kier alpha value is -3.39. The predicted molar refractivity (Wildman–Crippen MR) is 122 cm³/mol. The molecule has 1 unspecified atom stereocenters. The minimum Gasteiger partial charge on any atom is -0.496 e. The molecule has 31 heavy (non-hydrogen) atoms. The van der Waals surface area contributed by atoms with Crippen molar-refractivity contribution in [3.05, 3.63) is 59.5 Å². The second kappa shape index (κ2) is 8.77. The molecule has 0 radical (unpaired) electrons. The summed E-state index contributed by atoms with van der Waals surface area (Å²) < 4.78 is 13.1. The van der Waals surface area contributed by atoms with Gasteiger partial charge in [0, 0.05) is 10.9 Å². The first-order chi connectivity index (χ1) is 15.0. The number of carbonyl (C=O) groups excluding carboxylic acids is 1. The lowest BCUT2D eigenvalue weighted by Crippen LogP contribution is -2.31. The molecular formula is C23H24N4O3S. The Morgan fingerprint density at radius 2 is 1.77 bits per heavy atom. The van der Waals surface area contributed by atoms with Gasteiger partial charge in [0.25, 0.3) is 11.9 Å². The van der Waals surface area contributed by atoms with E-state index in [1.165, 1.54) is 11.3 Å². The summed E-state index contributed by atoms with van der Waals surface area (Å²) in [6.45, 7) is 5.90. The van der Waals surface area contributed by atoms with Crippen molar-refractivity contribution < 1.29 is 14.3 Å². The molecule has 160 valence electrons. The largest absolute Gasteiger partial charge is 0.496 e. The number of carbonyl (C=O) groups is 1. The lowest BCUT2D eigenvalue weighted by molar-refractivity contribution is -0.122. The Morgan fingerprint density at radius 3 is 2.52 bits per heavy atom. The van der Waals surface area contributed by atoms with Crippen LogP contribution in [0.4, 0.5) is 5.95 Å². The van der Waals surface area contributed by atoms with Crippen molar-refractivity contribution in [1.82, 2.24) is 14.6 Å². The Bertz CT molecular complexity index is 1210. The zero-order chi connectivity index (χ0) is 22.0. The smallest absolute Gasteiger partial charge is 0.267 e. The van der Waals surface area contributed by atoms with Crippen LogP contribution in [0.3, 0.4) is 0 Å².